The predicted octanol–water partition coefficient (Wildman–Crippen LogP) is 12.7. The lowest BCUT2D eigenvalue weighted by atomic mass is 9.89. The van der Waals surface area contributed by atoms with Gasteiger partial charge in [0.05, 0.1) is 22.1 Å². The molecule has 5 heteroatoms. The summed E-state index contributed by atoms with van der Waals surface area (Å²) in [6.45, 7) is 0. The number of hydrogen-bond acceptors (Lipinski definition) is 3. The van der Waals surface area contributed by atoms with E-state index < -0.39 is 0 Å². The summed E-state index contributed by atoms with van der Waals surface area (Å²) in [5, 5.41) is 4.68. The van der Waals surface area contributed by atoms with Crippen LogP contribution in [0.3, 0.4) is 0 Å². The van der Waals surface area contributed by atoms with Crippen molar-refractivity contribution in [1.82, 2.24) is 24.1 Å². The van der Waals surface area contributed by atoms with Gasteiger partial charge in [0.25, 0.3) is 0 Å². The maximum absolute atomic E-state index is 5.26. The number of benzene rings is 7. The lowest BCUT2D eigenvalue weighted by Gasteiger charge is -2.20. The van der Waals surface area contributed by atoms with Gasteiger partial charge >= 0.3 is 0 Å². The minimum Gasteiger partial charge on any atom is -0.307 e. The standard InChI is InChI=1S/C51H35N5/c1-4-16-34(17-5-1)37-22-14-23-38(32-37)39-24-15-25-40(33-39)55-45-28-12-10-26-41(45)43-30-31-44-42-27-11-13-29-46(42)56(48(44)47(43)55)51-53-49(35-18-6-2-7-19-35)52-50(54-51)36-20-8-3-9-21-36/h1-23,25-33,39H,24H2. The Kier molecular flexibility index (Phi) is 7.56. The molecule has 264 valence electrons. The molecule has 0 spiro atoms. The summed E-state index contributed by atoms with van der Waals surface area (Å²) < 4.78 is 4.72. The second kappa shape index (κ2) is 13.2. The number of para-hydroxylation sites is 2. The van der Waals surface area contributed by atoms with Gasteiger partial charge in [-0.15, -0.1) is 0 Å². The van der Waals surface area contributed by atoms with Gasteiger partial charge in [-0.3, -0.25) is 4.57 Å². The fourth-order valence-electron chi connectivity index (χ4n) is 8.50. The van der Waals surface area contributed by atoms with E-state index >= 15 is 0 Å². The van der Waals surface area contributed by atoms with Crippen LogP contribution >= 0.6 is 0 Å². The van der Waals surface area contributed by atoms with Gasteiger partial charge in [0.2, 0.25) is 5.95 Å². The Balaban J connectivity index is 1.20. The van der Waals surface area contributed by atoms with Gasteiger partial charge in [0.1, 0.15) is 0 Å². The Morgan fingerprint density at radius 3 is 1.57 bits per heavy atom. The average Bonchev–Trinajstić information content (AvgIpc) is 3.80. The van der Waals surface area contributed by atoms with Crippen LogP contribution < -0.4 is 0 Å². The molecule has 0 saturated heterocycles. The van der Waals surface area contributed by atoms with Crippen LogP contribution in [-0.4, -0.2) is 24.1 Å². The molecule has 0 amide bonds. The van der Waals surface area contributed by atoms with Crippen molar-refractivity contribution in [1.29, 1.82) is 0 Å². The van der Waals surface area contributed by atoms with E-state index in [2.05, 4.69) is 167 Å². The average molecular weight is 718 g/mol. The number of allylic oxidation sites excluding steroid dienone is 4. The first-order valence-corrected chi connectivity index (χ1v) is 19.2. The highest BCUT2D eigenvalue weighted by Crippen LogP contribution is 2.43. The van der Waals surface area contributed by atoms with E-state index in [4.69, 9.17) is 15.0 Å². The fraction of sp³-hybridized carbons (Fsp3) is 0.0392. The lowest BCUT2D eigenvalue weighted by molar-refractivity contribution is 0.850. The number of nitrogens with zero attached hydrogens (tertiary/aromatic N) is 5. The van der Waals surface area contributed by atoms with Crippen molar-refractivity contribution in [2.45, 2.75) is 12.3 Å². The molecule has 0 N–H and O–H groups in total. The van der Waals surface area contributed by atoms with Crippen LogP contribution in [0.4, 0.5) is 0 Å². The lowest BCUT2D eigenvalue weighted by Crippen LogP contribution is -2.08. The zero-order valence-corrected chi connectivity index (χ0v) is 30.5. The zero-order valence-electron chi connectivity index (χ0n) is 30.5. The Morgan fingerprint density at radius 2 is 0.946 bits per heavy atom. The third kappa shape index (κ3) is 5.28. The first-order chi connectivity index (χ1) is 27.8. The molecule has 1 aliphatic carbocycles. The summed E-state index contributed by atoms with van der Waals surface area (Å²) >= 11 is 0. The molecule has 0 saturated carbocycles. The minimum atomic E-state index is 0.213. The molecule has 56 heavy (non-hydrogen) atoms. The van der Waals surface area contributed by atoms with Crippen LogP contribution in [0.5, 0.6) is 0 Å². The summed E-state index contributed by atoms with van der Waals surface area (Å²) in [4.78, 5) is 15.6. The van der Waals surface area contributed by atoms with E-state index in [1.807, 2.05) is 36.4 Å². The molecule has 5 nitrogen and oxygen atoms in total. The van der Waals surface area contributed by atoms with Crippen molar-refractivity contribution in [3.05, 3.63) is 200 Å². The quantitative estimate of drug-likeness (QED) is 0.172. The monoisotopic (exact) mass is 717 g/mol. The van der Waals surface area contributed by atoms with Crippen molar-refractivity contribution < 1.29 is 0 Å². The van der Waals surface area contributed by atoms with Crippen LogP contribution in [0, 0.1) is 0 Å². The number of hydrogen-bond donors (Lipinski definition) is 0. The Morgan fingerprint density at radius 1 is 0.429 bits per heavy atom. The highest BCUT2D eigenvalue weighted by atomic mass is 15.2. The summed E-state index contributed by atoms with van der Waals surface area (Å²) in [5.41, 5.74) is 11.2. The van der Waals surface area contributed by atoms with E-state index in [1.165, 1.54) is 27.5 Å². The molecule has 0 aliphatic heterocycles. The smallest absolute Gasteiger partial charge is 0.238 e. The molecule has 11 rings (SSSR count). The third-order valence-corrected chi connectivity index (χ3v) is 11.1. The fourth-order valence-corrected chi connectivity index (χ4v) is 8.50. The molecule has 3 aromatic heterocycles. The number of fused-ring (bicyclic) bond motifs is 7. The van der Waals surface area contributed by atoms with Gasteiger partial charge in [0.15, 0.2) is 11.6 Å². The normalized spacial score (nSPS) is 14.2. The minimum absolute atomic E-state index is 0.213. The van der Waals surface area contributed by atoms with Gasteiger partial charge < -0.3 is 4.57 Å². The molecule has 10 aromatic rings. The van der Waals surface area contributed by atoms with Gasteiger partial charge in [-0.05, 0) is 41.3 Å². The highest BCUT2D eigenvalue weighted by Gasteiger charge is 2.24. The Labute approximate surface area is 324 Å². The summed E-state index contributed by atoms with van der Waals surface area (Å²) in [7, 11) is 0. The van der Waals surface area contributed by atoms with Gasteiger partial charge in [-0.25, -0.2) is 4.98 Å². The van der Waals surface area contributed by atoms with E-state index in [1.54, 1.807) is 0 Å². The summed E-state index contributed by atoms with van der Waals surface area (Å²) in [6, 6.07) is 62.0. The molecule has 0 fully saturated rings. The molecule has 3 heterocycles. The summed E-state index contributed by atoms with van der Waals surface area (Å²) in [5.74, 6) is 2.06. The van der Waals surface area contributed by atoms with Crippen molar-refractivity contribution in [3.63, 3.8) is 0 Å². The van der Waals surface area contributed by atoms with Crippen LogP contribution in [0.15, 0.2) is 194 Å². The van der Waals surface area contributed by atoms with E-state index in [0.717, 1.165) is 56.1 Å². The second-order valence-corrected chi connectivity index (χ2v) is 14.4. The Bertz CT molecular complexity index is 3100. The number of aromatic nitrogens is 5. The third-order valence-electron chi connectivity index (χ3n) is 11.1. The molecule has 1 aliphatic rings. The van der Waals surface area contributed by atoms with Crippen molar-refractivity contribution in [2.75, 3.05) is 0 Å². The molecule has 1 unspecified atom stereocenters. The maximum Gasteiger partial charge on any atom is 0.238 e. The molecular weight excluding hydrogens is 683 g/mol. The predicted molar refractivity (Wildman–Crippen MR) is 231 cm³/mol. The van der Waals surface area contributed by atoms with Crippen molar-refractivity contribution in [2.24, 2.45) is 0 Å². The first kappa shape index (κ1) is 32.1. The van der Waals surface area contributed by atoms with Crippen LogP contribution in [0.25, 0.3) is 89.2 Å². The first-order valence-electron chi connectivity index (χ1n) is 19.2. The summed E-state index contributed by atoms with van der Waals surface area (Å²) in [6.07, 6.45) is 8.00. The molecule has 7 aromatic carbocycles. The van der Waals surface area contributed by atoms with Gasteiger partial charge in [0, 0.05) is 44.3 Å². The van der Waals surface area contributed by atoms with Crippen molar-refractivity contribution >= 4 is 49.3 Å². The van der Waals surface area contributed by atoms with E-state index in [-0.39, 0.29) is 5.92 Å². The highest BCUT2D eigenvalue weighted by molar-refractivity contribution is 6.24. The molecule has 0 radical (unpaired) electrons. The largest absolute Gasteiger partial charge is 0.307 e. The molecule has 1 atom stereocenters. The zero-order chi connectivity index (χ0) is 37.0. The maximum atomic E-state index is 5.26. The SMILES string of the molecule is C1=CC(n2c3ccccc3c3ccc4c5ccccc5n(-c5nc(-c6ccccc6)nc(-c6ccccc6)n5)c4c32)=CC(c2cccc(-c3ccccc3)c2)C1. The molecular formula is C51H35N5. The molecule has 0 bridgehead atoms. The van der Waals surface area contributed by atoms with Crippen LogP contribution in [-0.2, 0) is 0 Å². The van der Waals surface area contributed by atoms with Gasteiger partial charge in [-0.2, -0.15) is 9.97 Å². The number of rotatable bonds is 6. The van der Waals surface area contributed by atoms with Gasteiger partial charge in [-0.1, -0.05) is 176 Å². The van der Waals surface area contributed by atoms with E-state index in [9.17, 15) is 0 Å². The van der Waals surface area contributed by atoms with Crippen molar-refractivity contribution in [3.8, 4) is 39.9 Å². The second-order valence-electron chi connectivity index (χ2n) is 14.4. The van der Waals surface area contributed by atoms with Crippen LogP contribution in [0.1, 0.15) is 17.9 Å². The Hall–Kier alpha value is -7.37. The topological polar surface area (TPSA) is 48.5 Å². The van der Waals surface area contributed by atoms with E-state index in [0.29, 0.717) is 17.6 Å². The van der Waals surface area contributed by atoms with Crippen LogP contribution in [0.2, 0.25) is 0 Å².